The first-order chi connectivity index (χ1) is 11.7. The Kier molecular flexibility index (Phi) is 5.36. The van der Waals surface area contributed by atoms with Crippen LogP contribution < -0.4 is 5.32 Å². The van der Waals surface area contributed by atoms with Gasteiger partial charge in [-0.3, -0.25) is 4.98 Å². The quantitative estimate of drug-likeness (QED) is 0.742. The molecule has 0 saturated heterocycles. The average molecular weight is 382 g/mol. The van der Waals surface area contributed by atoms with Gasteiger partial charge in [-0.25, -0.2) is 0 Å². The topological polar surface area (TPSA) is 89.9 Å². The molecule has 0 bridgehead atoms. The van der Waals surface area contributed by atoms with Crippen LogP contribution in [0.5, 0.6) is 0 Å². The zero-order chi connectivity index (χ0) is 16.5. The summed E-state index contributed by atoms with van der Waals surface area (Å²) in [5.74, 6) is 1.86. The van der Waals surface area contributed by atoms with Crippen LogP contribution in [0.3, 0.4) is 0 Å². The molecule has 3 aromatic heterocycles. The van der Waals surface area contributed by atoms with Crippen LogP contribution in [0.4, 0.5) is 0 Å². The third-order valence-corrected chi connectivity index (χ3v) is 4.32. The SMILES string of the molecule is Cc1ncc2c(c1-c1noc(CCc3cc(Cl)no3)n1)CCNC2.Cl. The summed E-state index contributed by atoms with van der Waals surface area (Å²) in [5, 5.41) is 11.5. The van der Waals surface area contributed by atoms with Crippen molar-refractivity contribution in [2.24, 2.45) is 0 Å². The van der Waals surface area contributed by atoms with Gasteiger partial charge in [-0.05, 0) is 31.0 Å². The Bertz CT molecular complexity index is 877. The van der Waals surface area contributed by atoms with Gasteiger partial charge in [0.25, 0.3) is 0 Å². The van der Waals surface area contributed by atoms with E-state index in [0.29, 0.717) is 35.5 Å². The smallest absolute Gasteiger partial charge is 0.227 e. The molecule has 3 aromatic rings. The summed E-state index contributed by atoms with van der Waals surface area (Å²) in [4.78, 5) is 9.01. The van der Waals surface area contributed by atoms with Crippen molar-refractivity contribution < 1.29 is 9.05 Å². The predicted octanol–water partition coefficient (Wildman–Crippen LogP) is 2.93. The molecule has 0 aromatic carbocycles. The minimum Gasteiger partial charge on any atom is -0.360 e. The molecule has 7 nitrogen and oxygen atoms in total. The summed E-state index contributed by atoms with van der Waals surface area (Å²) in [7, 11) is 0. The first-order valence-corrected chi connectivity index (χ1v) is 8.20. The van der Waals surface area contributed by atoms with Crippen LogP contribution in [0.2, 0.25) is 5.15 Å². The lowest BCUT2D eigenvalue weighted by Gasteiger charge is -2.19. The molecular formula is C16H17Cl2N5O2. The van der Waals surface area contributed by atoms with Crippen molar-refractivity contribution >= 4 is 24.0 Å². The summed E-state index contributed by atoms with van der Waals surface area (Å²) in [5.41, 5.74) is 4.37. The first-order valence-electron chi connectivity index (χ1n) is 7.83. The van der Waals surface area contributed by atoms with Crippen molar-refractivity contribution in [1.29, 1.82) is 0 Å². The van der Waals surface area contributed by atoms with Crippen LogP contribution in [-0.4, -0.2) is 26.8 Å². The van der Waals surface area contributed by atoms with E-state index in [2.05, 4.69) is 25.6 Å². The molecule has 0 saturated carbocycles. The molecule has 0 fully saturated rings. The number of nitrogens with zero attached hydrogens (tertiary/aromatic N) is 4. The van der Waals surface area contributed by atoms with Crippen LogP contribution in [0.25, 0.3) is 11.4 Å². The van der Waals surface area contributed by atoms with Gasteiger partial charge >= 0.3 is 0 Å². The molecule has 0 unspecified atom stereocenters. The molecular weight excluding hydrogens is 365 g/mol. The summed E-state index contributed by atoms with van der Waals surface area (Å²) < 4.78 is 10.5. The summed E-state index contributed by atoms with van der Waals surface area (Å²) in [6, 6.07) is 1.69. The van der Waals surface area contributed by atoms with Crippen molar-refractivity contribution in [2.75, 3.05) is 6.54 Å². The van der Waals surface area contributed by atoms with Crippen molar-refractivity contribution in [3.63, 3.8) is 0 Å². The van der Waals surface area contributed by atoms with E-state index in [1.807, 2.05) is 13.1 Å². The molecule has 0 aliphatic carbocycles. The molecule has 0 radical (unpaired) electrons. The lowest BCUT2D eigenvalue weighted by atomic mass is 9.95. The maximum Gasteiger partial charge on any atom is 0.227 e. The van der Waals surface area contributed by atoms with E-state index >= 15 is 0 Å². The van der Waals surface area contributed by atoms with E-state index < -0.39 is 0 Å². The van der Waals surface area contributed by atoms with E-state index in [1.165, 1.54) is 11.1 Å². The standard InChI is InChI=1S/C16H16ClN5O2.ClH/c1-9-15(12-4-5-18-7-10(12)8-19-9)16-20-14(24-22-16)3-2-11-6-13(17)21-23-11;/h6,8,18H,2-5,7H2,1H3;1H. The molecule has 4 heterocycles. The molecule has 9 heteroatoms. The number of hydrogen-bond donors (Lipinski definition) is 1. The zero-order valence-corrected chi connectivity index (χ0v) is 15.2. The van der Waals surface area contributed by atoms with E-state index in [9.17, 15) is 0 Å². The maximum absolute atomic E-state index is 5.74. The van der Waals surface area contributed by atoms with Gasteiger partial charge in [0.2, 0.25) is 11.7 Å². The Morgan fingerprint density at radius 2 is 2.12 bits per heavy atom. The lowest BCUT2D eigenvalue weighted by molar-refractivity contribution is 0.357. The Hall–Kier alpha value is -1.96. The number of nitrogens with one attached hydrogen (secondary N) is 1. The Morgan fingerprint density at radius 1 is 1.24 bits per heavy atom. The third kappa shape index (κ3) is 3.68. The van der Waals surface area contributed by atoms with Gasteiger partial charge < -0.3 is 14.4 Å². The monoisotopic (exact) mass is 381 g/mol. The zero-order valence-electron chi connectivity index (χ0n) is 13.6. The molecule has 1 N–H and O–H groups in total. The number of pyridine rings is 1. The Labute approximate surface area is 155 Å². The number of fused-ring (bicyclic) bond motifs is 1. The van der Waals surface area contributed by atoms with E-state index in [-0.39, 0.29) is 12.4 Å². The van der Waals surface area contributed by atoms with Gasteiger partial charge in [0.05, 0.1) is 0 Å². The van der Waals surface area contributed by atoms with Gasteiger partial charge in [-0.1, -0.05) is 21.9 Å². The van der Waals surface area contributed by atoms with Crippen LogP contribution >= 0.6 is 24.0 Å². The number of hydrogen-bond acceptors (Lipinski definition) is 7. The second kappa shape index (κ2) is 7.51. The fourth-order valence-corrected chi connectivity index (χ4v) is 3.12. The first kappa shape index (κ1) is 17.8. The highest BCUT2D eigenvalue weighted by molar-refractivity contribution is 6.29. The summed E-state index contributed by atoms with van der Waals surface area (Å²) >= 11 is 5.74. The highest BCUT2D eigenvalue weighted by Gasteiger charge is 2.21. The maximum atomic E-state index is 5.74. The van der Waals surface area contributed by atoms with Crippen LogP contribution in [0.1, 0.15) is 28.5 Å². The molecule has 0 spiro atoms. The van der Waals surface area contributed by atoms with Gasteiger partial charge in [-0.15, -0.1) is 12.4 Å². The Morgan fingerprint density at radius 3 is 2.92 bits per heavy atom. The minimum atomic E-state index is 0. The van der Waals surface area contributed by atoms with Crippen molar-refractivity contribution in [3.8, 4) is 11.4 Å². The third-order valence-electron chi connectivity index (χ3n) is 4.14. The number of halogens is 2. The second-order valence-electron chi connectivity index (χ2n) is 5.78. The molecule has 4 rings (SSSR count). The van der Waals surface area contributed by atoms with Crippen LogP contribution in [-0.2, 0) is 25.8 Å². The normalized spacial score (nSPS) is 13.4. The number of aromatic nitrogens is 4. The highest BCUT2D eigenvalue weighted by Crippen LogP contribution is 2.28. The van der Waals surface area contributed by atoms with Gasteiger partial charge in [0.1, 0.15) is 5.76 Å². The molecule has 25 heavy (non-hydrogen) atoms. The molecule has 132 valence electrons. The molecule has 1 aliphatic rings. The summed E-state index contributed by atoms with van der Waals surface area (Å²) in [6.07, 6.45) is 4.04. The fraction of sp³-hybridized carbons (Fsp3) is 0.375. The van der Waals surface area contributed by atoms with Crippen LogP contribution in [0, 0.1) is 6.92 Å². The molecule has 1 aliphatic heterocycles. The predicted molar refractivity (Wildman–Crippen MR) is 93.8 cm³/mol. The van der Waals surface area contributed by atoms with E-state index in [4.69, 9.17) is 20.6 Å². The largest absolute Gasteiger partial charge is 0.360 e. The van der Waals surface area contributed by atoms with E-state index in [0.717, 1.165) is 30.8 Å². The number of rotatable bonds is 4. The lowest BCUT2D eigenvalue weighted by Crippen LogP contribution is -2.24. The van der Waals surface area contributed by atoms with Gasteiger partial charge in [-0.2, -0.15) is 4.98 Å². The average Bonchev–Trinajstić information content (AvgIpc) is 3.22. The van der Waals surface area contributed by atoms with Gasteiger partial charge in [0, 0.05) is 42.9 Å². The minimum absolute atomic E-state index is 0. The number of aryl methyl sites for hydroxylation is 3. The Balaban J connectivity index is 0.00000182. The second-order valence-corrected chi connectivity index (χ2v) is 6.16. The van der Waals surface area contributed by atoms with Crippen molar-refractivity contribution in [1.82, 2.24) is 25.6 Å². The van der Waals surface area contributed by atoms with E-state index in [1.54, 1.807) is 6.07 Å². The molecule has 0 atom stereocenters. The fourth-order valence-electron chi connectivity index (χ4n) is 2.96. The van der Waals surface area contributed by atoms with Crippen molar-refractivity contribution in [3.05, 3.63) is 45.9 Å². The molecule has 0 amide bonds. The van der Waals surface area contributed by atoms with Crippen molar-refractivity contribution in [2.45, 2.75) is 32.7 Å². The summed E-state index contributed by atoms with van der Waals surface area (Å²) in [6.45, 7) is 3.75. The highest BCUT2D eigenvalue weighted by atomic mass is 35.5. The van der Waals surface area contributed by atoms with Gasteiger partial charge in [0.15, 0.2) is 5.15 Å². The van der Waals surface area contributed by atoms with Crippen LogP contribution in [0.15, 0.2) is 21.3 Å².